The lowest BCUT2D eigenvalue weighted by atomic mass is 9.91. The number of fused-ring (bicyclic) bond motifs is 3. The first kappa shape index (κ1) is 12.9. The Morgan fingerprint density at radius 3 is 2.62 bits per heavy atom. The van der Waals surface area contributed by atoms with Gasteiger partial charge in [-0.3, -0.25) is 9.20 Å². The van der Waals surface area contributed by atoms with Crippen molar-refractivity contribution < 1.29 is 13.2 Å². The van der Waals surface area contributed by atoms with E-state index in [-0.39, 0.29) is 22.2 Å². The van der Waals surface area contributed by atoms with E-state index in [0.29, 0.717) is 36.9 Å². The first-order valence-corrected chi connectivity index (χ1v) is 8.73. The van der Waals surface area contributed by atoms with Crippen LogP contribution in [0, 0.1) is 5.92 Å². The molecule has 6 nitrogen and oxygen atoms in total. The molecule has 4 rings (SSSR count). The second-order valence-corrected chi connectivity index (χ2v) is 8.47. The van der Waals surface area contributed by atoms with Crippen LogP contribution in [0.15, 0.2) is 24.7 Å². The first-order chi connectivity index (χ1) is 10.1. The van der Waals surface area contributed by atoms with Crippen LogP contribution in [0.2, 0.25) is 0 Å². The van der Waals surface area contributed by atoms with Gasteiger partial charge in [-0.1, -0.05) is 0 Å². The molecule has 2 aromatic rings. The largest absolute Gasteiger partial charge is 0.294 e. The van der Waals surface area contributed by atoms with E-state index in [1.54, 1.807) is 29.1 Å². The molecule has 0 aromatic carbocycles. The lowest BCUT2D eigenvalue weighted by Gasteiger charge is -2.26. The zero-order valence-corrected chi connectivity index (χ0v) is 12.2. The van der Waals surface area contributed by atoms with E-state index in [4.69, 9.17) is 0 Å². The van der Waals surface area contributed by atoms with Crippen molar-refractivity contribution in [1.29, 1.82) is 0 Å². The minimum absolute atomic E-state index is 0.0393. The molecule has 2 saturated heterocycles. The van der Waals surface area contributed by atoms with E-state index < -0.39 is 9.84 Å². The van der Waals surface area contributed by atoms with Gasteiger partial charge in [0.15, 0.2) is 21.3 Å². The second-order valence-electron chi connectivity index (χ2n) is 5.96. The molecule has 0 radical (unpaired) electrons. The number of nitrogens with zero attached hydrogens (tertiary/aromatic N) is 3. The number of carbonyl (C=O) groups excluding carboxylic acids is 1. The van der Waals surface area contributed by atoms with Crippen molar-refractivity contribution in [3.05, 3.63) is 30.2 Å². The van der Waals surface area contributed by atoms with E-state index in [1.165, 1.54) is 0 Å². The average Bonchev–Trinajstić information content (AvgIpc) is 2.94. The molecule has 2 bridgehead atoms. The number of ketones is 1. The van der Waals surface area contributed by atoms with Crippen LogP contribution >= 0.6 is 0 Å². The Morgan fingerprint density at radius 2 is 1.90 bits per heavy atom. The molecule has 2 aromatic heterocycles. The molecular weight excluding hydrogens is 290 g/mol. The van der Waals surface area contributed by atoms with Crippen LogP contribution in [0.1, 0.15) is 36.0 Å². The Kier molecular flexibility index (Phi) is 2.69. The molecule has 2 aliphatic rings. The van der Waals surface area contributed by atoms with Crippen LogP contribution < -0.4 is 0 Å². The van der Waals surface area contributed by atoms with Crippen LogP contribution in [0.4, 0.5) is 0 Å². The highest BCUT2D eigenvalue weighted by Crippen LogP contribution is 2.42. The van der Waals surface area contributed by atoms with Gasteiger partial charge in [-0.15, -0.1) is 10.2 Å². The van der Waals surface area contributed by atoms with E-state index in [9.17, 15) is 13.2 Å². The molecule has 0 aliphatic carbocycles. The monoisotopic (exact) mass is 305 g/mol. The lowest BCUT2D eigenvalue weighted by molar-refractivity contribution is 0.0905. The van der Waals surface area contributed by atoms with Crippen molar-refractivity contribution in [3.63, 3.8) is 0 Å². The third kappa shape index (κ3) is 1.91. The zero-order chi connectivity index (χ0) is 14.6. The van der Waals surface area contributed by atoms with Gasteiger partial charge in [0.25, 0.3) is 0 Å². The summed E-state index contributed by atoms with van der Waals surface area (Å²) in [5.41, 5.74) is 1.30. The molecule has 2 atom stereocenters. The molecule has 0 N–H and O–H groups in total. The van der Waals surface area contributed by atoms with Gasteiger partial charge < -0.3 is 0 Å². The SMILES string of the molecule is O=C(c1ccc2nncn2c1)C1CC2CCC(C1)S2(=O)=O. The first-order valence-electron chi connectivity index (χ1n) is 7.12. The van der Waals surface area contributed by atoms with Gasteiger partial charge >= 0.3 is 0 Å². The summed E-state index contributed by atoms with van der Waals surface area (Å²) in [6, 6.07) is 3.51. The Balaban J connectivity index is 1.63. The Labute approximate surface area is 122 Å². The number of rotatable bonds is 2. The fourth-order valence-electron chi connectivity index (χ4n) is 3.63. The minimum Gasteiger partial charge on any atom is -0.294 e. The average molecular weight is 305 g/mol. The fourth-order valence-corrected chi connectivity index (χ4v) is 6.10. The van der Waals surface area contributed by atoms with Gasteiger partial charge in [0, 0.05) is 17.7 Å². The summed E-state index contributed by atoms with van der Waals surface area (Å²) in [5, 5.41) is 7.07. The molecular formula is C14H15N3O3S. The van der Waals surface area contributed by atoms with Gasteiger partial charge in [-0.25, -0.2) is 8.42 Å². The van der Waals surface area contributed by atoms with Crippen molar-refractivity contribution in [3.8, 4) is 0 Å². The van der Waals surface area contributed by atoms with Gasteiger partial charge in [0.1, 0.15) is 6.33 Å². The molecule has 0 saturated carbocycles. The number of hydrogen-bond acceptors (Lipinski definition) is 5. The maximum Gasteiger partial charge on any atom is 0.167 e. The highest BCUT2D eigenvalue weighted by atomic mass is 32.2. The summed E-state index contributed by atoms with van der Waals surface area (Å²) in [6.45, 7) is 0. The van der Waals surface area contributed by atoms with Crippen molar-refractivity contribution in [2.24, 2.45) is 5.92 Å². The summed E-state index contributed by atoms with van der Waals surface area (Å²) in [7, 11) is -2.98. The summed E-state index contributed by atoms with van der Waals surface area (Å²) < 4.78 is 25.9. The summed E-state index contributed by atoms with van der Waals surface area (Å²) in [4.78, 5) is 12.6. The molecule has 2 fully saturated rings. The number of hydrogen-bond donors (Lipinski definition) is 0. The van der Waals surface area contributed by atoms with Crippen molar-refractivity contribution >= 4 is 21.3 Å². The topological polar surface area (TPSA) is 81.4 Å². The predicted octanol–water partition coefficient (Wildman–Crippen LogP) is 1.27. The quantitative estimate of drug-likeness (QED) is 0.780. The maximum atomic E-state index is 12.6. The number of aromatic nitrogens is 3. The highest BCUT2D eigenvalue weighted by molar-refractivity contribution is 7.93. The Hall–Kier alpha value is -1.76. The normalized spacial score (nSPS) is 30.6. The number of sulfone groups is 1. The minimum atomic E-state index is -2.98. The van der Waals surface area contributed by atoms with Crippen LogP contribution in [0.5, 0.6) is 0 Å². The number of Topliss-reactive ketones (excluding diaryl/α,β-unsaturated/α-hetero) is 1. The molecule has 2 aliphatic heterocycles. The zero-order valence-electron chi connectivity index (χ0n) is 11.3. The lowest BCUT2D eigenvalue weighted by Crippen LogP contribution is -2.36. The molecule has 21 heavy (non-hydrogen) atoms. The van der Waals surface area contributed by atoms with E-state index in [1.807, 2.05) is 0 Å². The van der Waals surface area contributed by atoms with Gasteiger partial charge in [-0.05, 0) is 37.8 Å². The van der Waals surface area contributed by atoms with E-state index in [2.05, 4.69) is 10.2 Å². The number of pyridine rings is 1. The highest BCUT2D eigenvalue weighted by Gasteiger charge is 2.48. The Bertz CT molecular complexity index is 807. The van der Waals surface area contributed by atoms with Crippen LogP contribution in [0.3, 0.4) is 0 Å². The molecule has 110 valence electrons. The van der Waals surface area contributed by atoms with E-state index >= 15 is 0 Å². The van der Waals surface area contributed by atoms with Crippen molar-refractivity contribution in [1.82, 2.24) is 14.6 Å². The van der Waals surface area contributed by atoms with Gasteiger partial charge in [0.2, 0.25) is 0 Å². The molecule has 7 heteroatoms. The van der Waals surface area contributed by atoms with Crippen LogP contribution in [-0.4, -0.2) is 39.3 Å². The van der Waals surface area contributed by atoms with E-state index in [0.717, 1.165) is 0 Å². The van der Waals surface area contributed by atoms with Crippen LogP contribution in [-0.2, 0) is 9.84 Å². The molecule has 4 heterocycles. The maximum absolute atomic E-state index is 12.6. The van der Waals surface area contributed by atoms with Crippen LogP contribution in [0.25, 0.3) is 5.65 Å². The summed E-state index contributed by atoms with van der Waals surface area (Å²) in [6.07, 6.45) is 5.64. The smallest absolute Gasteiger partial charge is 0.167 e. The third-order valence-corrected chi connectivity index (χ3v) is 7.50. The summed E-state index contributed by atoms with van der Waals surface area (Å²) in [5.74, 6) is -0.141. The second kappa shape index (κ2) is 4.37. The molecule has 0 amide bonds. The van der Waals surface area contributed by atoms with Crippen molar-refractivity contribution in [2.45, 2.75) is 36.2 Å². The third-order valence-electron chi connectivity index (χ3n) is 4.78. The summed E-state index contributed by atoms with van der Waals surface area (Å²) >= 11 is 0. The van der Waals surface area contributed by atoms with Gasteiger partial charge in [-0.2, -0.15) is 0 Å². The van der Waals surface area contributed by atoms with Gasteiger partial charge in [0.05, 0.1) is 10.5 Å². The molecule has 2 unspecified atom stereocenters. The number of carbonyl (C=O) groups is 1. The molecule has 0 spiro atoms. The Morgan fingerprint density at radius 1 is 1.19 bits per heavy atom. The standard InChI is InChI=1S/C14H15N3O3S/c18-14(9-1-4-13-16-15-8-17(13)7-9)10-5-11-2-3-12(6-10)21(11,19)20/h1,4,7-8,10-12H,2-3,5-6H2. The van der Waals surface area contributed by atoms with Crippen molar-refractivity contribution in [2.75, 3.05) is 0 Å². The fraction of sp³-hybridized carbons (Fsp3) is 0.500. The predicted molar refractivity (Wildman–Crippen MR) is 75.8 cm³/mol.